The second-order valence-electron chi connectivity index (χ2n) is 11.5. The van der Waals surface area contributed by atoms with Crippen LogP contribution in [0.1, 0.15) is 52.4 Å². The molecule has 4 aliphatic rings. The lowest BCUT2D eigenvalue weighted by atomic mass is 9.45. The van der Waals surface area contributed by atoms with Gasteiger partial charge in [0.25, 0.3) is 0 Å². The van der Waals surface area contributed by atoms with Crippen molar-refractivity contribution in [2.75, 3.05) is 26.4 Å². The Morgan fingerprint density at radius 3 is 2.60 bits per heavy atom. The number of fused-ring (bicyclic) bond motifs is 5. The molecule has 13 heteroatoms. The lowest BCUT2D eigenvalue weighted by molar-refractivity contribution is -0.492. The zero-order valence-electron chi connectivity index (χ0n) is 22.6. The number of ketones is 2. The summed E-state index contributed by atoms with van der Waals surface area (Å²) in [6, 6.07) is 0. The van der Waals surface area contributed by atoms with Gasteiger partial charge in [-0.15, -0.1) is 0 Å². The Kier molecular flexibility index (Phi) is 8.81. The summed E-state index contributed by atoms with van der Waals surface area (Å²) < 4.78 is 26.9. The van der Waals surface area contributed by atoms with Crippen LogP contribution in [0, 0.1) is 28.6 Å². The van der Waals surface area contributed by atoms with E-state index in [1.807, 2.05) is 6.92 Å². The highest BCUT2D eigenvalue weighted by Crippen LogP contribution is 2.68. The van der Waals surface area contributed by atoms with Crippen molar-refractivity contribution in [2.24, 2.45) is 28.6 Å². The molecule has 0 aromatic rings. The molecule has 0 spiro atoms. The Labute approximate surface area is 231 Å². The number of aliphatic hydroxyl groups excluding tert-OH is 1. The normalized spacial score (nSPS) is 36.3. The van der Waals surface area contributed by atoms with E-state index in [2.05, 4.69) is 10.2 Å². The number of aliphatic hydroxyl groups is 1. The predicted octanol–water partition coefficient (Wildman–Crippen LogP) is 2.21. The van der Waals surface area contributed by atoms with E-state index in [-0.39, 0.29) is 43.5 Å². The van der Waals surface area contributed by atoms with E-state index in [1.165, 1.54) is 12.2 Å². The SMILES string of the molecule is C[C@]12C[C@H](O)C3(F)[C@@H](CCC4=CC(=O)C=C[C@@]43C)C1CCC2C(=O)COC(=O)CNC(=O)OCCCON(O)O. The lowest BCUT2D eigenvalue weighted by Gasteiger charge is -2.62. The largest absolute Gasteiger partial charge is 0.456 e. The topological polar surface area (TPSA) is 172 Å². The number of rotatable bonds is 10. The smallest absolute Gasteiger partial charge is 0.407 e. The zero-order chi connectivity index (χ0) is 29.3. The molecule has 0 heterocycles. The number of nitrogens with zero attached hydrogens (tertiary/aromatic N) is 1. The van der Waals surface area contributed by atoms with E-state index in [9.17, 15) is 24.3 Å². The fourth-order valence-corrected chi connectivity index (χ4v) is 7.61. The number of amides is 1. The molecule has 1 amide bonds. The number of hydrogen-bond donors (Lipinski definition) is 4. The minimum absolute atomic E-state index is 0.0761. The number of halogens is 1. The Bertz CT molecular complexity index is 1100. The third-order valence-corrected chi connectivity index (χ3v) is 9.51. The van der Waals surface area contributed by atoms with Gasteiger partial charge in [-0.3, -0.25) is 29.6 Å². The summed E-state index contributed by atoms with van der Waals surface area (Å²) in [5.41, 5.74) is -3.03. The standard InChI is InChI=1S/C27H37FN2O10/c1-25-13-22(33)27(28)19(5-4-16-12-17(31)8-9-26(16,27)2)18(25)6-7-20(25)21(32)15-39-23(34)14-29-24(35)38-10-3-11-40-30(36)37/h8-9,12,18-20,22,33,36-37H,3-7,10-11,13-15H2,1-2H3,(H,29,35)/t18?,19-,20?,22-,25-,26-,27?/m0/s1. The lowest BCUT2D eigenvalue weighted by Crippen LogP contribution is -2.66. The molecule has 7 atom stereocenters. The van der Waals surface area contributed by atoms with Gasteiger partial charge in [-0.1, -0.05) is 18.6 Å². The van der Waals surface area contributed by atoms with Crippen LogP contribution in [-0.4, -0.2) is 82.7 Å². The summed E-state index contributed by atoms with van der Waals surface area (Å²) >= 11 is 0. The van der Waals surface area contributed by atoms with Crippen molar-refractivity contribution >= 4 is 23.6 Å². The predicted molar refractivity (Wildman–Crippen MR) is 133 cm³/mol. The first kappa shape index (κ1) is 30.3. The Balaban J connectivity index is 1.31. The van der Waals surface area contributed by atoms with Crippen molar-refractivity contribution < 1.29 is 53.4 Å². The number of carbonyl (C=O) groups is 4. The van der Waals surface area contributed by atoms with E-state index in [0.717, 1.165) is 0 Å². The molecule has 0 radical (unpaired) electrons. The third kappa shape index (κ3) is 5.45. The monoisotopic (exact) mass is 568 g/mol. The highest BCUT2D eigenvalue weighted by atomic mass is 19.1. The number of hydrogen-bond acceptors (Lipinski definition) is 11. The molecule has 0 bridgehead atoms. The molecule has 3 unspecified atom stereocenters. The zero-order valence-corrected chi connectivity index (χ0v) is 22.6. The van der Waals surface area contributed by atoms with Crippen molar-refractivity contribution in [1.82, 2.24) is 10.7 Å². The minimum Gasteiger partial charge on any atom is -0.456 e. The quantitative estimate of drug-likeness (QED) is 0.173. The second-order valence-corrected chi connectivity index (χ2v) is 11.5. The Hall–Kier alpha value is -2.71. The van der Waals surface area contributed by atoms with Gasteiger partial charge < -0.3 is 19.9 Å². The highest BCUT2D eigenvalue weighted by Gasteiger charge is 2.70. The van der Waals surface area contributed by atoms with Gasteiger partial charge in [-0.05, 0) is 62.5 Å². The van der Waals surface area contributed by atoms with Crippen molar-refractivity contribution in [2.45, 2.75) is 64.1 Å². The van der Waals surface area contributed by atoms with Crippen LogP contribution >= 0.6 is 0 Å². The van der Waals surface area contributed by atoms with Crippen LogP contribution in [0.15, 0.2) is 23.8 Å². The Morgan fingerprint density at radius 2 is 1.88 bits per heavy atom. The molecule has 40 heavy (non-hydrogen) atoms. The maximum Gasteiger partial charge on any atom is 0.407 e. The number of allylic oxidation sites excluding steroid dienone is 4. The molecule has 4 aliphatic carbocycles. The van der Waals surface area contributed by atoms with Gasteiger partial charge in [0.1, 0.15) is 13.2 Å². The van der Waals surface area contributed by atoms with E-state index in [4.69, 9.17) is 19.9 Å². The van der Waals surface area contributed by atoms with Crippen molar-refractivity contribution in [1.29, 1.82) is 0 Å². The van der Waals surface area contributed by atoms with E-state index in [1.54, 1.807) is 13.0 Å². The van der Waals surface area contributed by atoms with E-state index >= 15 is 4.39 Å². The van der Waals surface area contributed by atoms with Crippen molar-refractivity contribution in [3.63, 3.8) is 0 Å². The van der Waals surface area contributed by atoms with Gasteiger partial charge in [0.15, 0.2) is 17.2 Å². The molecule has 3 saturated carbocycles. The van der Waals surface area contributed by atoms with E-state index < -0.39 is 65.0 Å². The number of carbonyl (C=O) groups excluding carboxylic acids is 4. The summed E-state index contributed by atoms with van der Waals surface area (Å²) in [5.74, 6) is -2.50. The highest BCUT2D eigenvalue weighted by molar-refractivity contribution is 6.01. The van der Waals surface area contributed by atoms with Crippen molar-refractivity contribution in [3.05, 3.63) is 23.8 Å². The van der Waals surface area contributed by atoms with Crippen LogP contribution in [0.4, 0.5) is 9.18 Å². The maximum absolute atomic E-state index is 17.1. The second kappa shape index (κ2) is 11.6. The number of esters is 1. The van der Waals surface area contributed by atoms with Crippen LogP contribution in [-0.2, 0) is 28.7 Å². The van der Waals surface area contributed by atoms with Gasteiger partial charge >= 0.3 is 12.1 Å². The van der Waals surface area contributed by atoms with Crippen LogP contribution in [0.25, 0.3) is 0 Å². The summed E-state index contributed by atoms with van der Waals surface area (Å²) in [7, 11) is 0. The van der Waals surface area contributed by atoms with Crippen LogP contribution in [0.5, 0.6) is 0 Å². The Morgan fingerprint density at radius 1 is 1.12 bits per heavy atom. The molecule has 0 saturated heterocycles. The number of nitrogens with one attached hydrogen (secondary N) is 1. The molecule has 0 aliphatic heterocycles. The summed E-state index contributed by atoms with van der Waals surface area (Å²) in [6.45, 7) is 2.40. The third-order valence-electron chi connectivity index (χ3n) is 9.51. The maximum atomic E-state index is 17.1. The molecule has 0 aromatic heterocycles. The van der Waals surface area contributed by atoms with Crippen molar-refractivity contribution in [3.8, 4) is 0 Å². The van der Waals surface area contributed by atoms with Gasteiger partial charge in [0.2, 0.25) is 0 Å². The molecule has 4 rings (SSSR count). The minimum atomic E-state index is -1.96. The average Bonchev–Trinajstić information content (AvgIpc) is 3.23. The van der Waals surface area contributed by atoms with Gasteiger partial charge in [-0.25, -0.2) is 9.18 Å². The van der Waals surface area contributed by atoms with Gasteiger partial charge in [0, 0.05) is 23.7 Å². The molecular weight excluding hydrogens is 531 g/mol. The first-order chi connectivity index (χ1) is 18.8. The summed E-state index contributed by atoms with van der Waals surface area (Å²) in [6.07, 6.45) is 4.57. The van der Waals surface area contributed by atoms with Crippen LogP contribution in [0.3, 0.4) is 0 Å². The molecule has 4 N–H and O–H groups in total. The van der Waals surface area contributed by atoms with E-state index in [0.29, 0.717) is 31.3 Å². The number of Topliss-reactive ketones (excluding diaryl/α,β-unsaturated/α-hetero) is 1. The first-order valence-corrected chi connectivity index (χ1v) is 13.5. The average molecular weight is 569 g/mol. The molecule has 0 aromatic carbocycles. The molecule has 12 nitrogen and oxygen atoms in total. The number of alkyl carbamates (subject to hydrolysis) is 1. The number of alkyl halides is 1. The molecular formula is C27H37FN2O10. The van der Waals surface area contributed by atoms with Crippen LogP contribution < -0.4 is 5.32 Å². The van der Waals surface area contributed by atoms with Gasteiger partial charge in [-0.2, -0.15) is 0 Å². The fraction of sp³-hybridized carbons (Fsp3) is 0.704. The van der Waals surface area contributed by atoms with Crippen LogP contribution in [0.2, 0.25) is 0 Å². The van der Waals surface area contributed by atoms with Gasteiger partial charge in [0.05, 0.1) is 24.7 Å². The first-order valence-electron chi connectivity index (χ1n) is 13.5. The fourth-order valence-electron chi connectivity index (χ4n) is 7.61. The molecule has 222 valence electrons. The summed E-state index contributed by atoms with van der Waals surface area (Å²) in [4.78, 5) is 53.2. The summed E-state index contributed by atoms with van der Waals surface area (Å²) in [5, 5.41) is 29.8. The molecule has 3 fully saturated rings. The number of ether oxygens (including phenoxy) is 2.